The van der Waals surface area contributed by atoms with Crippen LogP contribution in [0.4, 0.5) is 0 Å². The van der Waals surface area contributed by atoms with E-state index in [2.05, 4.69) is 9.97 Å². The molecule has 1 saturated heterocycles. The first-order chi connectivity index (χ1) is 8.04. The van der Waals surface area contributed by atoms with Crippen LogP contribution in [-0.4, -0.2) is 47.0 Å². The first kappa shape index (κ1) is 12.5. The lowest BCUT2D eigenvalue weighted by Gasteiger charge is -2.28. The Morgan fingerprint density at radius 3 is 2.71 bits per heavy atom. The molecule has 1 aromatic rings. The smallest absolute Gasteiger partial charge is 0.260 e. The van der Waals surface area contributed by atoms with E-state index in [0.29, 0.717) is 38.2 Å². The van der Waals surface area contributed by atoms with E-state index in [-0.39, 0.29) is 11.1 Å². The van der Waals surface area contributed by atoms with Crippen molar-refractivity contribution < 1.29 is 13.5 Å². The third-order valence-electron chi connectivity index (χ3n) is 2.98. The zero-order valence-corrected chi connectivity index (χ0v) is 10.6. The number of nitrogens with zero attached hydrogens (tertiary/aromatic N) is 2. The summed E-state index contributed by atoms with van der Waals surface area (Å²) in [6, 6.07) is 0. The minimum absolute atomic E-state index is 0.144. The lowest BCUT2D eigenvalue weighted by molar-refractivity contribution is 0.113. The number of aromatic amines is 1. The van der Waals surface area contributed by atoms with Crippen LogP contribution in [0.25, 0.3) is 0 Å². The monoisotopic (exact) mass is 259 g/mol. The van der Waals surface area contributed by atoms with Gasteiger partial charge in [0.25, 0.3) is 10.0 Å². The van der Waals surface area contributed by atoms with Crippen LogP contribution in [0.2, 0.25) is 0 Å². The van der Waals surface area contributed by atoms with Crippen LogP contribution in [0.15, 0.2) is 11.2 Å². The van der Waals surface area contributed by atoms with Gasteiger partial charge in [-0.15, -0.1) is 0 Å². The van der Waals surface area contributed by atoms with E-state index < -0.39 is 10.0 Å². The summed E-state index contributed by atoms with van der Waals surface area (Å²) in [7, 11) is -3.47. The number of aryl methyl sites for hydroxylation is 1. The number of hydrogen-bond acceptors (Lipinski definition) is 4. The fourth-order valence-corrected chi connectivity index (χ4v) is 3.28. The number of nitrogens with one attached hydrogen (secondary N) is 1. The lowest BCUT2D eigenvalue weighted by Crippen LogP contribution is -2.40. The summed E-state index contributed by atoms with van der Waals surface area (Å²) in [5.41, 5.74) is 0. The molecule has 0 atom stereocenters. The Kier molecular flexibility index (Phi) is 3.50. The van der Waals surface area contributed by atoms with Crippen molar-refractivity contribution in [3.05, 3.63) is 12.0 Å². The number of sulfonamides is 1. The van der Waals surface area contributed by atoms with Crippen molar-refractivity contribution in [1.29, 1.82) is 0 Å². The second-order valence-electron chi connectivity index (χ2n) is 4.18. The zero-order valence-electron chi connectivity index (χ0n) is 9.76. The molecule has 0 saturated carbocycles. The summed E-state index contributed by atoms with van der Waals surface area (Å²) in [5, 5.41) is 9.51. The zero-order chi connectivity index (χ0) is 12.5. The minimum atomic E-state index is -3.47. The van der Waals surface area contributed by atoms with Crippen LogP contribution in [0, 0.1) is 0 Å². The van der Waals surface area contributed by atoms with E-state index in [1.807, 2.05) is 6.92 Å². The van der Waals surface area contributed by atoms with Gasteiger partial charge in [0.05, 0.1) is 12.3 Å². The van der Waals surface area contributed by atoms with Gasteiger partial charge in [-0.1, -0.05) is 6.92 Å². The van der Waals surface area contributed by atoms with Crippen LogP contribution in [0.3, 0.4) is 0 Å². The van der Waals surface area contributed by atoms with Crippen molar-refractivity contribution >= 4 is 10.0 Å². The molecule has 0 spiro atoms. The molecule has 1 fully saturated rings. The van der Waals surface area contributed by atoms with E-state index >= 15 is 0 Å². The van der Waals surface area contributed by atoms with Crippen molar-refractivity contribution in [2.24, 2.45) is 0 Å². The SMILES string of the molecule is CCc1ncc(S(=O)(=O)N2CCC(O)CC2)[nH]1. The second-order valence-corrected chi connectivity index (χ2v) is 6.09. The normalized spacial score (nSPS) is 19.6. The number of aliphatic hydroxyl groups is 1. The summed E-state index contributed by atoms with van der Waals surface area (Å²) in [6.07, 6.45) is 2.64. The third kappa shape index (κ3) is 2.51. The van der Waals surface area contributed by atoms with Gasteiger partial charge in [0.15, 0.2) is 5.03 Å². The minimum Gasteiger partial charge on any atom is -0.393 e. The standard InChI is InChI=1S/C10H17N3O3S/c1-2-9-11-7-10(12-9)17(15,16)13-5-3-8(14)4-6-13/h7-8,14H,2-6H2,1H3,(H,11,12). The number of imidazole rings is 1. The highest BCUT2D eigenvalue weighted by atomic mass is 32.2. The van der Waals surface area contributed by atoms with E-state index in [1.54, 1.807) is 0 Å². The van der Waals surface area contributed by atoms with E-state index in [4.69, 9.17) is 0 Å². The molecule has 2 heterocycles. The largest absolute Gasteiger partial charge is 0.393 e. The molecule has 1 aliphatic rings. The van der Waals surface area contributed by atoms with Crippen molar-refractivity contribution in [1.82, 2.24) is 14.3 Å². The quantitative estimate of drug-likeness (QED) is 0.807. The number of H-pyrrole nitrogens is 1. The number of hydrogen-bond donors (Lipinski definition) is 2. The molecule has 0 unspecified atom stereocenters. The van der Waals surface area contributed by atoms with Gasteiger partial charge in [0.2, 0.25) is 0 Å². The van der Waals surface area contributed by atoms with E-state index in [0.717, 1.165) is 0 Å². The first-order valence-electron chi connectivity index (χ1n) is 5.76. The molecule has 7 heteroatoms. The Morgan fingerprint density at radius 2 is 2.18 bits per heavy atom. The maximum absolute atomic E-state index is 12.2. The Labute approximate surface area is 101 Å². The van der Waals surface area contributed by atoms with Gasteiger partial charge >= 0.3 is 0 Å². The molecule has 1 aliphatic heterocycles. The highest BCUT2D eigenvalue weighted by Gasteiger charge is 2.29. The summed E-state index contributed by atoms with van der Waals surface area (Å²) in [5.74, 6) is 0.667. The Hall–Kier alpha value is -0.920. The maximum atomic E-state index is 12.2. The van der Waals surface area contributed by atoms with Crippen molar-refractivity contribution in [2.45, 2.75) is 37.3 Å². The molecule has 0 aliphatic carbocycles. The van der Waals surface area contributed by atoms with Crippen LogP contribution in [0.5, 0.6) is 0 Å². The van der Waals surface area contributed by atoms with Gasteiger partial charge in [-0.05, 0) is 12.8 Å². The van der Waals surface area contributed by atoms with Crippen LogP contribution in [-0.2, 0) is 16.4 Å². The van der Waals surface area contributed by atoms with Gasteiger partial charge in [-0.2, -0.15) is 4.31 Å². The van der Waals surface area contributed by atoms with Crippen molar-refractivity contribution in [3.8, 4) is 0 Å². The summed E-state index contributed by atoms with van der Waals surface area (Å²) >= 11 is 0. The molecular formula is C10H17N3O3S. The summed E-state index contributed by atoms with van der Waals surface area (Å²) < 4.78 is 25.8. The summed E-state index contributed by atoms with van der Waals surface area (Å²) in [6.45, 7) is 2.64. The van der Waals surface area contributed by atoms with E-state index in [9.17, 15) is 13.5 Å². The van der Waals surface area contributed by atoms with Gasteiger partial charge in [-0.3, -0.25) is 0 Å². The molecule has 0 bridgehead atoms. The molecule has 0 radical (unpaired) electrons. The molecule has 2 N–H and O–H groups in total. The number of aliphatic hydroxyl groups excluding tert-OH is 1. The van der Waals surface area contributed by atoms with Crippen LogP contribution in [0.1, 0.15) is 25.6 Å². The molecule has 0 amide bonds. The molecule has 17 heavy (non-hydrogen) atoms. The second kappa shape index (κ2) is 4.75. The van der Waals surface area contributed by atoms with Gasteiger partial charge in [0.1, 0.15) is 5.82 Å². The average Bonchev–Trinajstić information content (AvgIpc) is 2.78. The molecule has 6 nitrogen and oxygen atoms in total. The number of rotatable bonds is 3. The number of piperidine rings is 1. The van der Waals surface area contributed by atoms with Crippen molar-refractivity contribution in [2.75, 3.05) is 13.1 Å². The molecule has 0 aromatic carbocycles. The molecule has 96 valence electrons. The van der Waals surface area contributed by atoms with Crippen LogP contribution < -0.4 is 0 Å². The van der Waals surface area contributed by atoms with Crippen molar-refractivity contribution in [3.63, 3.8) is 0 Å². The van der Waals surface area contributed by atoms with Crippen LogP contribution >= 0.6 is 0 Å². The Bertz CT molecular complexity index is 475. The van der Waals surface area contributed by atoms with Gasteiger partial charge in [-0.25, -0.2) is 13.4 Å². The molecular weight excluding hydrogens is 242 g/mol. The molecule has 2 rings (SSSR count). The predicted octanol–water partition coefficient (Wildman–Crippen LogP) is 0.117. The van der Waals surface area contributed by atoms with Gasteiger partial charge in [0, 0.05) is 19.5 Å². The Balaban J connectivity index is 2.18. The lowest BCUT2D eigenvalue weighted by atomic mass is 10.1. The average molecular weight is 259 g/mol. The highest BCUT2D eigenvalue weighted by Crippen LogP contribution is 2.19. The fourth-order valence-electron chi connectivity index (χ4n) is 1.88. The number of aromatic nitrogens is 2. The third-order valence-corrected chi connectivity index (χ3v) is 4.79. The van der Waals surface area contributed by atoms with E-state index in [1.165, 1.54) is 10.5 Å². The topological polar surface area (TPSA) is 86.3 Å². The molecule has 1 aromatic heterocycles. The highest BCUT2D eigenvalue weighted by molar-refractivity contribution is 7.89. The fraction of sp³-hybridized carbons (Fsp3) is 0.700. The van der Waals surface area contributed by atoms with Gasteiger partial charge < -0.3 is 10.1 Å². The Morgan fingerprint density at radius 1 is 1.53 bits per heavy atom. The maximum Gasteiger partial charge on any atom is 0.260 e. The summed E-state index contributed by atoms with van der Waals surface area (Å²) in [4.78, 5) is 6.81. The predicted molar refractivity (Wildman–Crippen MR) is 62.0 cm³/mol. The first-order valence-corrected chi connectivity index (χ1v) is 7.20.